The summed E-state index contributed by atoms with van der Waals surface area (Å²) in [6, 6.07) is 8.28. The number of carbonyl (C=O) groups is 1. The van der Waals surface area contributed by atoms with E-state index in [0.717, 1.165) is 37.7 Å². The van der Waals surface area contributed by atoms with Crippen LogP contribution < -0.4 is 11.1 Å². The molecule has 3 fully saturated rings. The van der Waals surface area contributed by atoms with Crippen LogP contribution in [0.4, 0.5) is 0 Å². The van der Waals surface area contributed by atoms with E-state index in [4.69, 9.17) is 10.5 Å². The smallest absolute Gasteiger partial charge is 0.251 e. The van der Waals surface area contributed by atoms with Gasteiger partial charge in [0.05, 0.1) is 11.9 Å². The molecule has 5 heteroatoms. The molecule has 5 nitrogen and oxygen atoms in total. The number of carbonyl (C=O) groups excluding carboxylic acids is 1. The van der Waals surface area contributed by atoms with E-state index in [1.54, 1.807) is 0 Å². The van der Waals surface area contributed by atoms with Gasteiger partial charge in [-0.1, -0.05) is 12.1 Å². The Morgan fingerprint density at radius 2 is 1.81 bits per heavy atom. The number of methoxy groups -OCH3 is 1. The molecule has 0 aliphatic heterocycles. The number of nitrogens with two attached hydrogens (primary N) is 1. The Morgan fingerprint density at radius 1 is 1.15 bits per heavy atom. The van der Waals surface area contributed by atoms with Gasteiger partial charge >= 0.3 is 0 Å². The summed E-state index contributed by atoms with van der Waals surface area (Å²) in [5.74, 6) is 0.00191. The summed E-state index contributed by atoms with van der Waals surface area (Å²) < 4.78 is 5.80. The summed E-state index contributed by atoms with van der Waals surface area (Å²) in [5.41, 5.74) is 7.75. The summed E-state index contributed by atoms with van der Waals surface area (Å²) in [7, 11) is 1.86. The fourth-order valence-electron chi connectivity index (χ4n) is 4.57. The Hall–Kier alpha value is -1.88. The van der Waals surface area contributed by atoms with Crippen molar-refractivity contribution in [1.82, 2.24) is 5.32 Å². The third-order valence-corrected chi connectivity index (χ3v) is 6.47. The van der Waals surface area contributed by atoms with Gasteiger partial charge in [-0.05, 0) is 74.5 Å². The first-order chi connectivity index (χ1) is 12.6. The molecule has 0 unspecified atom stereocenters. The topological polar surface area (TPSA) is 76.7 Å². The predicted octanol–water partition coefficient (Wildman–Crippen LogP) is 3.17. The lowest BCUT2D eigenvalue weighted by Gasteiger charge is -2.53. The molecule has 0 radical (unpaired) electrons. The maximum absolute atomic E-state index is 12.3. The molecule has 0 saturated heterocycles. The minimum absolute atomic E-state index is 0.00191. The maximum atomic E-state index is 12.3. The highest BCUT2D eigenvalue weighted by Gasteiger charge is 2.49. The van der Waals surface area contributed by atoms with Gasteiger partial charge in [-0.25, -0.2) is 0 Å². The molecule has 3 aliphatic rings. The van der Waals surface area contributed by atoms with Gasteiger partial charge < -0.3 is 15.8 Å². The lowest BCUT2D eigenvalue weighted by Crippen LogP contribution is -2.49. The highest BCUT2D eigenvalue weighted by atomic mass is 16.5. The molecule has 142 valence electrons. The molecule has 0 spiro atoms. The molecule has 0 aromatic heterocycles. The number of unbranched alkanes of at least 4 members (excludes halogenated alkanes) is 1. The number of fused-ring (bicyclic) bond motifs is 3. The Labute approximate surface area is 156 Å². The number of hydrogen-bond donors (Lipinski definition) is 2. The largest absolute Gasteiger partial charge is 0.390 e. The van der Waals surface area contributed by atoms with Crippen LogP contribution in [0, 0.1) is 0 Å². The Kier molecular flexibility index (Phi) is 5.97. The van der Waals surface area contributed by atoms with Crippen molar-refractivity contribution in [2.45, 2.75) is 62.4 Å². The number of amides is 1. The monoisotopic (exact) mass is 357 g/mol. The van der Waals surface area contributed by atoms with Gasteiger partial charge in [-0.2, -0.15) is 0 Å². The van der Waals surface area contributed by atoms with E-state index < -0.39 is 0 Å². The van der Waals surface area contributed by atoms with Crippen molar-refractivity contribution < 1.29 is 9.53 Å². The van der Waals surface area contributed by atoms with Crippen molar-refractivity contribution in [3.05, 3.63) is 35.4 Å². The average Bonchev–Trinajstić information content (AvgIpc) is 2.72. The first-order valence-electron chi connectivity index (χ1n) is 9.77. The van der Waals surface area contributed by atoms with Crippen LogP contribution in [0.15, 0.2) is 29.3 Å². The number of ether oxygens (including phenoxy) is 1. The SMILES string of the molecule is COC12CCC(c3ccc(C(=O)NCCCCN=CN)cc3)(CC1)CC2. The normalized spacial score (nSPS) is 27.7. The van der Waals surface area contributed by atoms with Crippen molar-refractivity contribution >= 4 is 12.2 Å². The van der Waals surface area contributed by atoms with Crippen LogP contribution in [0.3, 0.4) is 0 Å². The second kappa shape index (κ2) is 8.21. The van der Waals surface area contributed by atoms with E-state index in [2.05, 4.69) is 22.4 Å². The van der Waals surface area contributed by atoms with Crippen molar-refractivity contribution in [3.8, 4) is 0 Å². The van der Waals surface area contributed by atoms with Crippen LogP contribution in [0.5, 0.6) is 0 Å². The van der Waals surface area contributed by atoms with Gasteiger partial charge in [-0.3, -0.25) is 9.79 Å². The third-order valence-electron chi connectivity index (χ3n) is 6.47. The molecular formula is C21H31N3O2. The average molecular weight is 357 g/mol. The summed E-state index contributed by atoms with van der Waals surface area (Å²) >= 11 is 0. The third kappa shape index (κ3) is 3.93. The molecular weight excluding hydrogens is 326 g/mol. The van der Waals surface area contributed by atoms with Crippen LogP contribution >= 0.6 is 0 Å². The molecule has 26 heavy (non-hydrogen) atoms. The summed E-state index contributed by atoms with van der Waals surface area (Å²) in [6.45, 7) is 1.39. The minimum atomic E-state index is 0.00191. The molecule has 0 heterocycles. The van der Waals surface area contributed by atoms with Crippen LogP contribution in [0.25, 0.3) is 0 Å². The number of nitrogens with one attached hydrogen (secondary N) is 1. The number of aliphatic imine (C=N–C) groups is 1. The maximum Gasteiger partial charge on any atom is 0.251 e. The zero-order chi connectivity index (χ0) is 18.5. The molecule has 1 amide bonds. The molecule has 2 bridgehead atoms. The minimum Gasteiger partial charge on any atom is -0.390 e. The van der Waals surface area contributed by atoms with E-state index in [0.29, 0.717) is 18.5 Å². The molecule has 1 aromatic rings. The number of rotatable bonds is 8. The van der Waals surface area contributed by atoms with Gasteiger partial charge in [-0.15, -0.1) is 0 Å². The molecule has 3 saturated carbocycles. The lowest BCUT2D eigenvalue weighted by atomic mass is 9.56. The quantitative estimate of drug-likeness (QED) is 0.426. The number of hydrogen-bond acceptors (Lipinski definition) is 3. The van der Waals surface area contributed by atoms with E-state index >= 15 is 0 Å². The van der Waals surface area contributed by atoms with Crippen LogP contribution in [-0.4, -0.2) is 38.0 Å². The fraction of sp³-hybridized carbons (Fsp3) is 0.619. The van der Waals surface area contributed by atoms with E-state index in [-0.39, 0.29) is 11.5 Å². The van der Waals surface area contributed by atoms with Crippen LogP contribution in [-0.2, 0) is 10.2 Å². The van der Waals surface area contributed by atoms with Crippen molar-refractivity contribution in [2.24, 2.45) is 10.7 Å². The molecule has 3 N–H and O–H groups in total. The molecule has 4 rings (SSSR count). The Balaban J connectivity index is 1.53. The zero-order valence-corrected chi connectivity index (χ0v) is 15.8. The summed E-state index contributed by atoms with van der Waals surface area (Å²) in [6.07, 6.45) is 10.2. The fourth-order valence-corrected chi connectivity index (χ4v) is 4.57. The Bertz CT molecular complexity index is 615. The molecule has 1 aromatic carbocycles. The highest BCUT2D eigenvalue weighted by molar-refractivity contribution is 5.94. The van der Waals surface area contributed by atoms with Gasteiger partial charge in [0.15, 0.2) is 0 Å². The van der Waals surface area contributed by atoms with Gasteiger partial charge in [0.25, 0.3) is 5.91 Å². The van der Waals surface area contributed by atoms with Crippen LogP contribution in [0.1, 0.15) is 67.3 Å². The molecule has 3 aliphatic carbocycles. The summed E-state index contributed by atoms with van der Waals surface area (Å²) in [5, 5.41) is 2.98. The number of nitrogens with zero attached hydrogens (tertiary/aromatic N) is 1. The standard InChI is InChI=1S/C21H31N3O2/c1-26-21-11-8-20(9-12-21,10-13-21)18-6-4-17(5-7-18)19(25)24-15-3-2-14-23-16-22/h4-7,16H,2-3,8-15H2,1H3,(H2,22,23)(H,24,25). The summed E-state index contributed by atoms with van der Waals surface area (Å²) in [4.78, 5) is 16.2. The van der Waals surface area contributed by atoms with E-state index in [1.807, 2.05) is 19.2 Å². The number of benzene rings is 1. The first kappa shape index (κ1) is 18.9. The first-order valence-corrected chi connectivity index (χ1v) is 9.77. The van der Waals surface area contributed by atoms with Crippen molar-refractivity contribution in [2.75, 3.05) is 20.2 Å². The van der Waals surface area contributed by atoms with Gasteiger partial charge in [0.1, 0.15) is 0 Å². The van der Waals surface area contributed by atoms with Gasteiger partial charge in [0.2, 0.25) is 0 Å². The Morgan fingerprint density at radius 3 is 2.38 bits per heavy atom. The van der Waals surface area contributed by atoms with Crippen LogP contribution in [0.2, 0.25) is 0 Å². The second-order valence-corrected chi connectivity index (χ2v) is 7.76. The second-order valence-electron chi connectivity index (χ2n) is 7.76. The highest BCUT2D eigenvalue weighted by Crippen LogP contribution is 2.54. The van der Waals surface area contributed by atoms with E-state index in [9.17, 15) is 4.79 Å². The van der Waals surface area contributed by atoms with Gasteiger partial charge in [0, 0.05) is 25.8 Å². The molecule has 0 atom stereocenters. The predicted molar refractivity (Wildman–Crippen MR) is 105 cm³/mol. The van der Waals surface area contributed by atoms with Crippen molar-refractivity contribution in [3.63, 3.8) is 0 Å². The van der Waals surface area contributed by atoms with E-state index in [1.165, 1.54) is 31.2 Å². The van der Waals surface area contributed by atoms with Crippen molar-refractivity contribution in [1.29, 1.82) is 0 Å². The zero-order valence-electron chi connectivity index (χ0n) is 15.8. The lowest BCUT2D eigenvalue weighted by molar-refractivity contribution is -0.0955.